The summed E-state index contributed by atoms with van der Waals surface area (Å²) in [7, 11) is 0. The minimum absolute atomic E-state index is 0.291. The molecule has 0 spiro atoms. The topological polar surface area (TPSA) is 71.1 Å². The first-order valence-corrected chi connectivity index (χ1v) is 9.13. The second-order valence-electron chi connectivity index (χ2n) is 7.42. The van der Waals surface area contributed by atoms with Crippen LogP contribution in [0.2, 0.25) is 0 Å². The van der Waals surface area contributed by atoms with E-state index in [2.05, 4.69) is 13.2 Å². The van der Waals surface area contributed by atoms with E-state index in [0.717, 1.165) is 11.1 Å². The molecule has 0 aromatic heterocycles. The van der Waals surface area contributed by atoms with E-state index in [9.17, 15) is 9.59 Å². The standard InChI is InChI=1S/C21H26O6/c1-7-24-21-9-12(4)8-15(25-19(22)11(2)3)16-14(6)20(23)26-18(16)17(27-21)13(5)10-21/h9-10,15-18H,2,6-8H2,1,3-5H3/b12-9-/t15-,16+,17?,18?,21-/m0/s1. The Morgan fingerprint density at radius 1 is 1.37 bits per heavy atom. The van der Waals surface area contributed by atoms with Gasteiger partial charge in [-0.05, 0) is 45.4 Å². The average molecular weight is 374 g/mol. The molecule has 2 bridgehead atoms. The SMILES string of the molecule is C=C(C)C(=O)O[C@H]1C/C(C)=C\[C@@]2(OCC)C=C(C)C(O2)C2OC(=O)C(=C)[C@@H]21. The molecular formula is C21H26O6. The van der Waals surface area contributed by atoms with Crippen molar-refractivity contribution in [3.05, 3.63) is 47.6 Å². The Hall–Kier alpha value is -2.18. The van der Waals surface area contributed by atoms with Crippen LogP contribution < -0.4 is 0 Å². The summed E-state index contributed by atoms with van der Waals surface area (Å²) in [5.74, 6) is -2.51. The predicted octanol–water partition coefficient (Wildman–Crippen LogP) is 3.00. The molecule has 0 N–H and O–H groups in total. The van der Waals surface area contributed by atoms with Gasteiger partial charge in [0.1, 0.15) is 18.3 Å². The van der Waals surface area contributed by atoms with E-state index < -0.39 is 42.0 Å². The van der Waals surface area contributed by atoms with Gasteiger partial charge in [0.25, 0.3) is 0 Å². The monoisotopic (exact) mass is 374 g/mol. The summed E-state index contributed by atoms with van der Waals surface area (Å²) in [6.45, 7) is 15.3. The fourth-order valence-corrected chi connectivity index (χ4v) is 3.96. The number of ether oxygens (including phenoxy) is 4. The first-order valence-electron chi connectivity index (χ1n) is 9.13. The molecule has 5 atom stereocenters. The van der Waals surface area contributed by atoms with Gasteiger partial charge in [0.15, 0.2) is 0 Å². The molecule has 1 saturated heterocycles. The molecule has 0 saturated carbocycles. The third-order valence-electron chi connectivity index (χ3n) is 5.10. The molecule has 0 aromatic carbocycles. The smallest absolute Gasteiger partial charge is 0.334 e. The lowest BCUT2D eigenvalue weighted by Crippen LogP contribution is -2.42. The third-order valence-corrected chi connectivity index (χ3v) is 5.10. The molecule has 3 rings (SSSR count). The Labute approximate surface area is 159 Å². The molecular weight excluding hydrogens is 348 g/mol. The average Bonchev–Trinajstić information content (AvgIpc) is 3.04. The van der Waals surface area contributed by atoms with Gasteiger partial charge in [0.2, 0.25) is 5.79 Å². The van der Waals surface area contributed by atoms with Crippen LogP contribution in [0.25, 0.3) is 0 Å². The van der Waals surface area contributed by atoms with E-state index >= 15 is 0 Å². The first-order chi connectivity index (χ1) is 12.7. The van der Waals surface area contributed by atoms with Gasteiger partial charge in [-0.15, -0.1) is 0 Å². The second-order valence-corrected chi connectivity index (χ2v) is 7.42. The van der Waals surface area contributed by atoms with E-state index in [1.54, 1.807) is 6.92 Å². The third kappa shape index (κ3) is 3.51. The summed E-state index contributed by atoms with van der Waals surface area (Å²) in [6, 6.07) is 0. The number of hydrogen-bond acceptors (Lipinski definition) is 6. The Morgan fingerprint density at radius 2 is 2.07 bits per heavy atom. The number of hydrogen-bond donors (Lipinski definition) is 0. The van der Waals surface area contributed by atoms with Crippen LogP contribution in [-0.2, 0) is 28.5 Å². The highest BCUT2D eigenvalue weighted by atomic mass is 16.7. The molecule has 0 amide bonds. The van der Waals surface area contributed by atoms with Gasteiger partial charge in [0, 0.05) is 24.2 Å². The highest BCUT2D eigenvalue weighted by Gasteiger charge is 2.54. The molecule has 3 heterocycles. The number of carbonyl (C=O) groups excluding carboxylic acids is 2. The Bertz CT molecular complexity index is 761. The van der Waals surface area contributed by atoms with E-state index in [0.29, 0.717) is 24.2 Å². The maximum atomic E-state index is 12.3. The van der Waals surface area contributed by atoms with Crippen LogP contribution in [0.15, 0.2) is 47.6 Å². The van der Waals surface area contributed by atoms with Crippen molar-refractivity contribution >= 4 is 11.9 Å². The van der Waals surface area contributed by atoms with Crippen LogP contribution in [-0.4, -0.2) is 42.6 Å². The van der Waals surface area contributed by atoms with Gasteiger partial charge in [0.05, 0.1) is 5.92 Å². The van der Waals surface area contributed by atoms with E-state index in [1.807, 2.05) is 32.9 Å². The molecule has 3 aliphatic rings. The van der Waals surface area contributed by atoms with Crippen molar-refractivity contribution in [2.75, 3.05) is 6.61 Å². The number of rotatable bonds is 4. The zero-order valence-electron chi connectivity index (χ0n) is 16.2. The van der Waals surface area contributed by atoms with Crippen LogP contribution in [0.4, 0.5) is 0 Å². The molecule has 0 aromatic rings. The zero-order valence-corrected chi connectivity index (χ0v) is 16.2. The molecule has 0 aliphatic carbocycles. The maximum absolute atomic E-state index is 12.3. The Kier molecular flexibility index (Phi) is 5.14. The minimum Gasteiger partial charge on any atom is -0.458 e. The fraction of sp³-hybridized carbons (Fsp3) is 0.524. The summed E-state index contributed by atoms with van der Waals surface area (Å²) in [6.07, 6.45) is 2.48. The van der Waals surface area contributed by atoms with E-state index in [4.69, 9.17) is 18.9 Å². The fourth-order valence-electron chi connectivity index (χ4n) is 3.96. The van der Waals surface area contributed by atoms with Crippen molar-refractivity contribution in [2.24, 2.45) is 5.92 Å². The van der Waals surface area contributed by atoms with Gasteiger partial charge >= 0.3 is 11.9 Å². The van der Waals surface area contributed by atoms with Crippen molar-refractivity contribution in [1.29, 1.82) is 0 Å². The summed E-state index contributed by atoms with van der Waals surface area (Å²) >= 11 is 0. The molecule has 1 fully saturated rings. The summed E-state index contributed by atoms with van der Waals surface area (Å²) in [5, 5.41) is 0. The van der Waals surface area contributed by atoms with Crippen molar-refractivity contribution in [2.45, 2.75) is 58.2 Å². The predicted molar refractivity (Wildman–Crippen MR) is 98.6 cm³/mol. The van der Waals surface area contributed by atoms with Crippen LogP contribution >= 0.6 is 0 Å². The zero-order chi connectivity index (χ0) is 19.9. The normalized spacial score (nSPS) is 37.2. The van der Waals surface area contributed by atoms with Crippen LogP contribution in [0.5, 0.6) is 0 Å². The van der Waals surface area contributed by atoms with Gasteiger partial charge in [-0.3, -0.25) is 0 Å². The summed E-state index contributed by atoms with van der Waals surface area (Å²) in [4.78, 5) is 24.5. The second kappa shape index (κ2) is 7.09. The highest BCUT2D eigenvalue weighted by molar-refractivity contribution is 5.91. The van der Waals surface area contributed by atoms with Gasteiger partial charge in [-0.25, -0.2) is 9.59 Å². The first kappa shape index (κ1) is 19.6. The lowest BCUT2D eigenvalue weighted by Gasteiger charge is -2.30. The van der Waals surface area contributed by atoms with Crippen LogP contribution in [0.1, 0.15) is 34.1 Å². The van der Waals surface area contributed by atoms with E-state index in [1.165, 1.54) is 0 Å². The van der Waals surface area contributed by atoms with Crippen LogP contribution in [0.3, 0.4) is 0 Å². The number of carbonyl (C=O) groups is 2. The minimum atomic E-state index is -1.01. The Balaban J connectivity index is 2.06. The Morgan fingerprint density at radius 3 is 2.70 bits per heavy atom. The molecule has 2 unspecified atom stereocenters. The molecule has 6 heteroatoms. The maximum Gasteiger partial charge on any atom is 0.334 e. The van der Waals surface area contributed by atoms with Crippen molar-refractivity contribution in [3.8, 4) is 0 Å². The summed E-state index contributed by atoms with van der Waals surface area (Å²) in [5.41, 5.74) is 2.40. The van der Waals surface area contributed by atoms with Gasteiger partial charge < -0.3 is 18.9 Å². The lowest BCUT2D eigenvalue weighted by molar-refractivity contribution is -0.198. The number of esters is 2. The molecule has 146 valence electrons. The summed E-state index contributed by atoms with van der Waals surface area (Å²) < 4.78 is 23.4. The largest absolute Gasteiger partial charge is 0.458 e. The van der Waals surface area contributed by atoms with Gasteiger partial charge in [-0.1, -0.05) is 18.7 Å². The van der Waals surface area contributed by atoms with Crippen molar-refractivity contribution in [3.63, 3.8) is 0 Å². The molecule has 6 nitrogen and oxygen atoms in total. The number of fused-ring (bicyclic) bond motifs is 4. The molecule has 3 aliphatic heterocycles. The molecule has 27 heavy (non-hydrogen) atoms. The van der Waals surface area contributed by atoms with Crippen LogP contribution in [0, 0.1) is 5.92 Å². The van der Waals surface area contributed by atoms with Crippen molar-refractivity contribution < 1.29 is 28.5 Å². The van der Waals surface area contributed by atoms with Crippen molar-refractivity contribution in [1.82, 2.24) is 0 Å². The highest BCUT2D eigenvalue weighted by Crippen LogP contribution is 2.44. The quantitative estimate of drug-likeness (QED) is 0.428. The molecule has 0 radical (unpaired) electrons. The van der Waals surface area contributed by atoms with E-state index in [-0.39, 0.29) is 0 Å². The lowest BCUT2D eigenvalue weighted by atomic mass is 9.83. The van der Waals surface area contributed by atoms with Gasteiger partial charge in [-0.2, -0.15) is 0 Å².